The Bertz CT molecular complexity index is 539. The highest BCUT2D eigenvalue weighted by Crippen LogP contribution is 2.23. The number of amides is 2. The topological polar surface area (TPSA) is 90.6 Å². The van der Waals surface area contributed by atoms with Gasteiger partial charge in [0.1, 0.15) is 6.10 Å². The normalized spacial score (nSPS) is 17.9. The standard InChI is InChI=1S/C14H16N2O4/c1-19-13(17)10-8-20-11(12(10)16-14(15)18)7-9-5-3-2-4-6-9/h2-6,11H,7-8H2,1H3,(H3,15,16,18)/t11-/m1/s1. The van der Waals surface area contributed by atoms with Gasteiger partial charge in [-0.25, -0.2) is 9.59 Å². The van der Waals surface area contributed by atoms with Crippen LogP contribution in [0, 0.1) is 0 Å². The molecule has 6 nitrogen and oxygen atoms in total. The Morgan fingerprint density at radius 2 is 2.10 bits per heavy atom. The van der Waals surface area contributed by atoms with Crippen LogP contribution in [0.15, 0.2) is 41.6 Å². The van der Waals surface area contributed by atoms with Crippen LogP contribution in [0.5, 0.6) is 0 Å². The number of esters is 1. The summed E-state index contributed by atoms with van der Waals surface area (Å²) in [6.07, 6.45) is 0.121. The maximum Gasteiger partial charge on any atom is 0.337 e. The maximum atomic E-state index is 11.7. The molecule has 0 spiro atoms. The first kappa shape index (κ1) is 14.1. The van der Waals surface area contributed by atoms with Crippen LogP contribution in [0.3, 0.4) is 0 Å². The molecule has 0 radical (unpaired) electrons. The lowest BCUT2D eigenvalue weighted by Gasteiger charge is -2.15. The van der Waals surface area contributed by atoms with E-state index in [1.165, 1.54) is 7.11 Å². The molecule has 1 aliphatic heterocycles. The van der Waals surface area contributed by atoms with E-state index in [9.17, 15) is 9.59 Å². The summed E-state index contributed by atoms with van der Waals surface area (Å²) < 4.78 is 10.2. The summed E-state index contributed by atoms with van der Waals surface area (Å²) in [4.78, 5) is 22.7. The molecule has 20 heavy (non-hydrogen) atoms. The van der Waals surface area contributed by atoms with Crippen molar-refractivity contribution in [3.8, 4) is 0 Å². The number of urea groups is 1. The van der Waals surface area contributed by atoms with Gasteiger partial charge in [0, 0.05) is 6.42 Å². The molecule has 1 heterocycles. The molecule has 2 rings (SSSR count). The van der Waals surface area contributed by atoms with Gasteiger partial charge in [-0.2, -0.15) is 0 Å². The minimum Gasteiger partial charge on any atom is -0.466 e. The third-order valence-electron chi connectivity index (χ3n) is 3.03. The molecule has 2 amide bonds. The van der Waals surface area contributed by atoms with Gasteiger partial charge in [0.2, 0.25) is 0 Å². The number of carbonyl (C=O) groups is 2. The fraction of sp³-hybridized carbons (Fsp3) is 0.286. The minimum absolute atomic E-state index is 0.0970. The van der Waals surface area contributed by atoms with E-state index in [0.29, 0.717) is 17.7 Å². The predicted molar refractivity (Wildman–Crippen MR) is 71.6 cm³/mol. The molecule has 0 aromatic heterocycles. The molecule has 1 aliphatic rings. The SMILES string of the molecule is COC(=O)C1=C(NC(N)=O)[C@@H](Cc2ccccc2)OC1. The van der Waals surface area contributed by atoms with Crippen LogP contribution in [0.2, 0.25) is 0 Å². The van der Waals surface area contributed by atoms with Gasteiger partial charge in [0.05, 0.1) is 25.0 Å². The number of primary amides is 1. The fourth-order valence-electron chi connectivity index (χ4n) is 2.11. The van der Waals surface area contributed by atoms with Crippen molar-refractivity contribution < 1.29 is 19.1 Å². The van der Waals surface area contributed by atoms with Gasteiger partial charge in [0.15, 0.2) is 0 Å². The zero-order valence-electron chi connectivity index (χ0n) is 11.1. The molecule has 0 saturated carbocycles. The number of ether oxygens (including phenoxy) is 2. The Kier molecular flexibility index (Phi) is 4.37. The van der Waals surface area contributed by atoms with E-state index in [0.717, 1.165) is 5.56 Å². The van der Waals surface area contributed by atoms with E-state index in [4.69, 9.17) is 10.5 Å². The van der Waals surface area contributed by atoms with Crippen LogP contribution in [-0.2, 0) is 20.7 Å². The van der Waals surface area contributed by atoms with Crippen molar-refractivity contribution in [2.75, 3.05) is 13.7 Å². The van der Waals surface area contributed by atoms with E-state index >= 15 is 0 Å². The summed E-state index contributed by atoms with van der Waals surface area (Å²) in [6.45, 7) is 0.0970. The minimum atomic E-state index is -0.732. The third kappa shape index (κ3) is 3.16. The maximum absolute atomic E-state index is 11.7. The van der Waals surface area contributed by atoms with E-state index in [1.54, 1.807) is 0 Å². The first-order valence-electron chi connectivity index (χ1n) is 6.15. The molecule has 0 fully saturated rings. The van der Waals surface area contributed by atoms with Crippen molar-refractivity contribution in [1.82, 2.24) is 5.32 Å². The lowest BCUT2D eigenvalue weighted by Crippen LogP contribution is -2.34. The second-order valence-corrected chi connectivity index (χ2v) is 4.36. The van der Waals surface area contributed by atoms with Crippen LogP contribution in [0.25, 0.3) is 0 Å². The van der Waals surface area contributed by atoms with Crippen LogP contribution in [0.4, 0.5) is 4.79 Å². The zero-order chi connectivity index (χ0) is 14.5. The molecule has 6 heteroatoms. The highest BCUT2D eigenvalue weighted by Gasteiger charge is 2.31. The molecular weight excluding hydrogens is 260 g/mol. The van der Waals surface area contributed by atoms with E-state index in [2.05, 4.69) is 10.1 Å². The van der Waals surface area contributed by atoms with Gasteiger partial charge in [0.25, 0.3) is 0 Å². The smallest absolute Gasteiger partial charge is 0.337 e. The quantitative estimate of drug-likeness (QED) is 0.793. The summed E-state index contributed by atoms with van der Waals surface area (Å²) >= 11 is 0. The summed E-state index contributed by atoms with van der Waals surface area (Å²) in [5.41, 5.74) is 6.86. The first-order valence-corrected chi connectivity index (χ1v) is 6.15. The molecule has 1 atom stereocenters. The van der Waals surface area contributed by atoms with E-state index in [1.807, 2.05) is 30.3 Å². The molecule has 0 unspecified atom stereocenters. The fourth-order valence-corrected chi connectivity index (χ4v) is 2.11. The lowest BCUT2D eigenvalue weighted by atomic mass is 10.0. The summed E-state index contributed by atoms with van der Waals surface area (Å²) in [5, 5.41) is 2.47. The molecule has 1 aromatic rings. The van der Waals surface area contributed by atoms with E-state index in [-0.39, 0.29) is 6.61 Å². The molecular formula is C14H16N2O4. The monoisotopic (exact) mass is 276 g/mol. The number of rotatable bonds is 4. The second kappa shape index (κ2) is 6.21. The van der Waals surface area contributed by atoms with Crippen LogP contribution < -0.4 is 11.1 Å². The van der Waals surface area contributed by atoms with Crippen LogP contribution >= 0.6 is 0 Å². The average molecular weight is 276 g/mol. The summed E-state index contributed by atoms with van der Waals surface area (Å²) in [5.74, 6) is -0.524. The Morgan fingerprint density at radius 3 is 2.70 bits per heavy atom. The van der Waals surface area contributed by atoms with Crippen LogP contribution in [-0.4, -0.2) is 31.8 Å². The molecule has 0 saturated heterocycles. The predicted octanol–water partition coefficient (Wildman–Crippen LogP) is 0.723. The molecule has 1 aromatic carbocycles. The van der Waals surface area contributed by atoms with Gasteiger partial charge in [-0.1, -0.05) is 30.3 Å². The van der Waals surface area contributed by atoms with Gasteiger partial charge in [-0.05, 0) is 5.56 Å². The number of nitrogens with one attached hydrogen (secondary N) is 1. The second-order valence-electron chi connectivity index (χ2n) is 4.36. The van der Waals surface area contributed by atoms with Crippen molar-refractivity contribution >= 4 is 12.0 Å². The number of benzene rings is 1. The molecule has 0 aliphatic carbocycles. The Labute approximate surface area is 116 Å². The third-order valence-corrected chi connectivity index (χ3v) is 3.03. The number of nitrogens with two attached hydrogens (primary N) is 1. The highest BCUT2D eigenvalue weighted by atomic mass is 16.5. The van der Waals surface area contributed by atoms with Gasteiger partial charge < -0.3 is 20.5 Å². The zero-order valence-corrected chi connectivity index (χ0v) is 11.1. The van der Waals surface area contributed by atoms with Crippen LogP contribution in [0.1, 0.15) is 5.56 Å². The van der Waals surface area contributed by atoms with Crippen molar-refractivity contribution in [2.45, 2.75) is 12.5 Å². The number of hydrogen-bond acceptors (Lipinski definition) is 4. The average Bonchev–Trinajstić information content (AvgIpc) is 2.81. The number of methoxy groups -OCH3 is 1. The highest BCUT2D eigenvalue weighted by molar-refractivity contribution is 5.91. The Hall–Kier alpha value is -2.34. The molecule has 3 N–H and O–H groups in total. The number of hydrogen-bond donors (Lipinski definition) is 2. The summed E-state index contributed by atoms with van der Waals surface area (Å²) in [7, 11) is 1.28. The lowest BCUT2D eigenvalue weighted by molar-refractivity contribution is -0.136. The Morgan fingerprint density at radius 1 is 1.40 bits per heavy atom. The molecule has 0 bridgehead atoms. The van der Waals surface area contributed by atoms with Crippen molar-refractivity contribution in [2.24, 2.45) is 5.73 Å². The molecule has 106 valence electrons. The van der Waals surface area contributed by atoms with Gasteiger partial charge >= 0.3 is 12.0 Å². The van der Waals surface area contributed by atoms with Crippen molar-refractivity contribution in [3.63, 3.8) is 0 Å². The van der Waals surface area contributed by atoms with Crippen molar-refractivity contribution in [1.29, 1.82) is 0 Å². The van der Waals surface area contributed by atoms with Crippen molar-refractivity contribution in [3.05, 3.63) is 47.2 Å². The first-order chi connectivity index (χ1) is 9.61. The number of carbonyl (C=O) groups excluding carboxylic acids is 2. The Balaban J connectivity index is 2.22. The van der Waals surface area contributed by atoms with Gasteiger partial charge in [-0.15, -0.1) is 0 Å². The van der Waals surface area contributed by atoms with E-state index < -0.39 is 18.1 Å². The van der Waals surface area contributed by atoms with Gasteiger partial charge in [-0.3, -0.25) is 0 Å². The summed E-state index contributed by atoms with van der Waals surface area (Å²) in [6, 6.07) is 8.90. The largest absolute Gasteiger partial charge is 0.466 e.